The van der Waals surface area contributed by atoms with Crippen LogP contribution >= 0.6 is 0 Å². The van der Waals surface area contributed by atoms with Crippen LogP contribution in [0.15, 0.2) is 47.5 Å². The van der Waals surface area contributed by atoms with Crippen LogP contribution in [0.1, 0.15) is 28.7 Å². The number of benzene rings is 2. The maximum atomic E-state index is 11.9. The van der Waals surface area contributed by atoms with Crippen LogP contribution in [-0.4, -0.2) is 9.55 Å². The number of fused-ring (bicyclic) bond motifs is 1. The summed E-state index contributed by atoms with van der Waals surface area (Å²) in [6.07, 6.45) is 5.19. The number of aryl methyl sites for hydroxylation is 4. The lowest BCUT2D eigenvalue weighted by Crippen LogP contribution is -2.15. The standard InChI is InChI=1S/C22H22N2O/c1-14-10-17(20-12-21(25)24(3)13-23-20)11-15(2)22(14)19-9-5-7-16-6-4-8-18(16)19/h5,7,9-13H,4,6,8H2,1-3H3. The van der Waals surface area contributed by atoms with Crippen molar-refractivity contribution in [3.05, 3.63) is 75.3 Å². The second-order valence-corrected chi connectivity index (χ2v) is 7.01. The normalized spacial score (nSPS) is 13.1. The Morgan fingerprint density at radius 2 is 1.80 bits per heavy atom. The van der Waals surface area contributed by atoms with Crippen LogP contribution in [-0.2, 0) is 19.9 Å². The van der Waals surface area contributed by atoms with Crippen LogP contribution in [0, 0.1) is 13.8 Å². The van der Waals surface area contributed by atoms with Crippen LogP contribution in [0.3, 0.4) is 0 Å². The van der Waals surface area contributed by atoms with Gasteiger partial charge in [0, 0.05) is 18.7 Å². The van der Waals surface area contributed by atoms with Gasteiger partial charge in [-0.1, -0.05) is 18.2 Å². The molecule has 3 nitrogen and oxygen atoms in total. The first-order valence-corrected chi connectivity index (χ1v) is 8.80. The summed E-state index contributed by atoms with van der Waals surface area (Å²) in [4.78, 5) is 16.3. The summed E-state index contributed by atoms with van der Waals surface area (Å²) in [5, 5.41) is 0. The lowest BCUT2D eigenvalue weighted by atomic mass is 9.89. The van der Waals surface area contributed by atoms with Crippen LogP contribution in [0.2, 0.25) is 0 Å². The minimum absolute atomic E-state index is 0.0368. The molecule has 1 heterocycles. The van der Waals surface area contributed by atoms with Gasteiger partial charge in [-0.25, -0.2) is 4.98 Å². The van der Waals surface area contributed by atoms with Gasteiger partial charge in [-0.05, 0) is 78.6 Å². The molecule has 0 N–H and O–H groups in total. The highest BCUT2D eigenvalue weighted by Gasteiger charge is 2.18. The summed E-state index contributed by atoms with van der Waals surface area (Å²) in [6, 6.07) is 12.6. The lowest BCUT2D eigenvalue weighted by molar-refractivity contribution is 0.826. The molecular formula is C22H22N2O. The third-order valence-corrected chi connectivity index (χ3v) is 5.22. The van der Waals surface area contributed by atoms with Crippen LogP contribution in [0.5, 0.6) is 0 Å². The maximum absolute atomic E-state index is 11.9. The Morgan fingerprint density at radius 1 is 1.04 bits per heavy atom. The average Bonchev–Trinajstić information content (AvgIpc) is 3.06. The first-order valence-electron chi connectivity index (χ1n) is 8.80. The van der Waals surface area contributed by atoms with Gasteiger partial charge in [0.15, 0.2) is 0 Å². The number of hydrogen-bond donors (Lipinski definition) is 0. The summed E-state index contributed by atoms with van der Waals surface area (Å²) in [6.45, 7) is 4.31. The van der Waals surface area contributed by atoms with E-state index in [2.05, 4.69) is 49.2 Å². The predicted octanol–water partition coefficient (Wildman–Crippen LogP) is 4.22. The third-order valence-electron chi connectivity index (χ3n) is 5.22. The summed E-state index contributed by atoms with van der Waals surface area (Å²) in [5.41, 5.74) is 9.87. The van der Waals surface area contributed by atoms with E-state index in [1.165, 1.54) is 57.2 Å². The second kappa shape index (κ2) is 5.99. The van der Waals surface area contributed by atoms with Gasteiger partial charge in [0.2, 0.25) is 0 Å². The van der Waals surface area contributed by atoms with Crippen LogP contribution in [0.25, 0.3) is 22.4 Å². The number of rotatable bonds is 2. The molecule has 0 radical (unpaired) electrons. The van der Waals surface area contributed by atoms with Gasteiger partial charge in [0.1, 0.15) is 0 Å². The van der Waals surface area contributed by atoms with Gasteiger partial charge >= 0.3 is 0 Å². The lowest BCUT2D eigenvalue weighted by Gasteiger charge is -2.16. The zero-order valence-corrected chi connectivity index (χ0v) is 15.0. The Labute approximate surface area is 148 Å². The summed E-state index contributed by atoms with van der Waals surface area (Å²) in [7, 11) is 1.72. The number of nitrogens with zero attached hydrogens (tertiary/aromatic N) is 2. The minimum Gasteiger partial charge on any atom is -0.302 e. The molecule has 126 valence electrons. The van der Waals surface area contributed by atoms with E-state index in [9.17, 15) is 4.79 Å². The summed E-state index contributed by atoms with van der Waals surface area (Å²) in [5.74, 6) is 0. The summed E-state index contributed by atoms with van der Waals surface area (Å²) < 4.78 is 1.49. The Kier molecular flexibility index (Phi) is 3.79. The smallest absolute Gasteiger partial charge is 0.253 e. The van der Waals surface area contributed by atoms with Crippen molar-refractivity contribution in [3.63, 3.8) is 0 Å². The largest absolute Gasteiger partial charge is 0.302 e. The third kappa shape index (κ3) is 2.70. The molecular weight excluding hydrogens is 308 g/mol. The summed E-state index contributed by atoms with van der Waals surface area (Å²) >= 11 is 0. The fourth-order valence-electron chi connectivity index (χ4n) is 4.01. The van der Waals surface area contributed by atoms with Gasteiger partial charge in [-0.2, -0.15) is 0 Å². The Hall–Kier alpha value is -2.68. The molecule has 3 aromatic rings. The number of aromatic nitrogens is 2. The molecule has 0 saturated carbocycles. The first-order chi connectivity index (χ1) is 12.0. The molecule has 0 unspecified atom stereocenters. The van der Waals surface area contributed by atoms with E-state index >= 15 is 0 Å². The molecule has 0 aliphatic heterocycles. The Balaban J connectivity index is 1.86. The molecule has 2 aromatic carbocycles. The highest BCUT2D eigenvalue weighted by Crippen LogP contribution is 2.37. The molecule has 0 amide bonds. The van der Waals surface area contributed by atoms with E-state index in [-0.39, 0.29) is 5.56 Å². The highest BCUT2D eigenvalue weighted by atomic mass is 16.1. The predicted molar refractivity (Wildman–Crippen MR) is 102 cm³/mol. The van der Waals surface area contributed by atoms with Crippen molar-refractivity contribution < 1.29 is 0 Å². The second-order valence-electron chi connectivity index (χ2n) is 7.01. The Morgan fingerprint density at radius 3 is 2.52 bits per heavy atom. The van der Waals surface area contributed by atoms with E-state index in [4.69, 9.17) is 0 Å². The molecule has 0 saturated heterocycles. The van der Waals surface area contributed by atoms with E-state index in [0.717, 1.165) is 11.3 Å². The fourth-order valence-corrected chi connectivity index (χ4v) is 4.01. The molecule has 0 spiro atoms. The maximum Gasteiger partial charge on any atom is 0.253 e. The zero-order chi connectivity index (χ0) is 17.6. The van der Waals surface area contributed by atoms with E-state index in [0.29, 0.717) is 0 Å². The molecule has 4 rings (SSSR count). The van der Waals surface area contributed by atoms with Crippen molar-refractivity contribution in [1.82, 2.24) is 9.55 Å². The van der Waals surface area contributed by atoms with Crippen molar-refractivity contribution >= 4 is 0 Å². The molecule has 25 heavy (non-hydrogen) atoms. The van der Waals surface area contributed by atoms with Gasteiger partial charge in [0.25, 0.3) is 5.56 Å². The zero-order valence-electron chi connectivity index (χ0n) is 15.0. The topological polar surface area (TPSA) is 34.9 Å². The van der Waals surface area contributed by atoms with Gasteiger partial charge in [0.05, 0.1) is 12.0 Å². The van der Waals surface area contributed by atoms with Crippen molar-refractivity contribution in [2.24, 2.45) is 7.05 Å². The van der Waals surface area contributed by atoms with Crippen molar-refractivity contribution in [2.45, 2.75) is 33.1 Å². The van der Waals surface area contributed by atoms with Crippen molar-refractivity contribution in [1.29, 1.82) is 0 Å². The van der Waals surface area contributed by atoms with Gasteiger partial charge in [-0.15, -0.1) is 0 Å². The van der Waals surface area contributed by atoms with Crippen LogP contribution < -0.4 is 5.56 Å². The molecule has 0 bridgehead atoms. The molecule has 0 fully saturated rings. The van der Waals surface area contributed by atoms with Crippen molar-refractivity contribution in [3.8, 4) is 22.4 Å². The highest BCUT2D eigenvalue weighted by molar-refractivity contribution is 5.78. The van der Waals surface area contributed by atoms with E-state index in [1.807, 2.05) is 0 Å². The monoisotopic (exact) mass is 330 g/mol. The van der Waals surface area contributed by atoms with E-state index in [1.54, 1.807) is 19.4 Å². The fraction of sp³-hybridized carbons (Fsp3) is 0.273. The average molecular weight is 330 g/mol. The number of hydrogen-bond acceptors (Lipinski definition) is 2. The first kappa shape index (κ1) is 15.8. The molecule has 3 heteroatoms. The molecule has 1 aliphatic rings. The Bertz CT molecular complexity index is 1010. The van der Waals surface area contributed by atoms with Crippen LogP contribution in [0.4, 0.5) is 0 Å². The van der Waals surface area contributed by atoms with Gasteiger partial charge in [-0.3, -0.25) is 4.79 Å². The van der Waals surface area contributed by atoms with E-state index < -0.39 is 0 Å². The molecule has 0 atom stereocenters. The van der Waals surface area contributed by atoms with Crippen molar-refractivity contribution in [2.75, 3.05) is 0 Å². The minimum atomic E-state index is -0.0368. The van der Waals surface area contributed by atoms with Gasteiger partial charge < -0.3 is 4.57 Å². The quantitative estimate of drug-likeness (QED) is 0.705. The molecule has 1 aromatic heterocycles. The molecule has 1 aliphatic carbocycles. The SMILES string of the molecule is Cc1cc(-c2cc(=O)n(C)cn2)cc(C)c1-c1cccc2c1CCC2.